The predicted molar refractivity (Wildman–Crippen MR) is 252 cm³/mol. The number of benzene rings is 5. The van der Waals surface area contributed by atoms with Crippen LogP contribution in [0.5, 0.6) is 0 Å². The Labute approximate surface area is 361 Å². The molecular weight excluding hydrogens is 794 g/mol. The molecule has 1 aliphatic rings. The molecule has 1 aliphatic heterocycles. The third kappa shape index (κ3) is 10.2. The minimum atomic E-state index is -0.340. The Bertz CT molecular complexity index is 2330. The lowest BCUT2D eigenvalue weighted by Crippen LogP contribution is -2.46. The number of rotatable bonds is 17. The second kappa shape index (κ2) is 19.8. The molecule has 1 atom stereocenters. The van der Waals surface area contributed by atoms with Gasteiger partial charge < -0.3 is 29.7 Å². The number of nitro benzene ring substituents is 1. The Morgan fingerprint density at radius 3 is 2.20 bits per heavy atom. The molecule has 1 fully saturated rings. The summed E-state index contributed by atoms with van der Waals surface area (Å²) in [5, 5.41) is 19.5. The molecule has 0 bridgehead atoms. The number of hydrogen-bond donors (Lipinski definition) is 3. The monoisotopic (exact) mass is 845 g/mol. The molecule has 1 saturated heterocycles. The zero-order valence-electron chi connectivity index (χ0n) is 34.1. The maximum atomic E-state index is 11.8. The van der Waals surface area contributed by atoms with Gasteiger partial charge in [0.1, 0.15) is 0 Å². The lowest BCUT2D eigenvalue weighted by Gasteiger charge is -2.37. The molecule has 9 nitrogen and oxygen atoms in total. The number of anilines is 4. The van der Waals surface area contributed by atoms with Crippen LogP contribution in [0.25, 0.3) is 22.4 Å². The van der Waals surface area contributed by atoms with E-state index >= 15 is 0 Å². The number of halogens is 1. The maximum absolute atomic E-state index is 11.8. The molecule has 0 aliphatic carbocycles. The molecule has 12 heteroatoms. The molecule has 306 valence electrons. The SMILES string of the molecule is CCn1c(C)c(C)c(-c2cccc(N3CCN(c4ccc(NSc5cc([N+](=O)[O-])ccc5NC(CCNC)CSc5ccccc5)cc4)CC3)c2)c1-c1ccc(Cl)cc1. The second-order valence-corrected chi connectivity index (χ2v) is 17.1. The molecule has 5 aromatic carbocycles. The van der Waals surface area contributed by atoms with Crippen LogP contribution < -0.4 is 25.2 Å². The largest absolute Gasteiger partial charge is 0.380 e. The number of piperazine rings is 1. The van der Waals surface area contributed by atoms with E-state index in [0.717, 1.165) is 72.7 Å². The van der Waals surface area contributed by atoms with E-state index in [1.807, 2.05) is 31.3 Å². The van der Waals surface area contributed by atoms with E-state index in [2.05, 4.69) is 135 Å². The molecule has 3 N–H and O–H groups in total. The molecule has 1 unspecified atom stereocenters. The summed E-state index contributed by atoms with van der Waals surface area (Å²) in [4.78, 5) is 18.3. The van der Waals surface area contributed by atoms with Gasteiger partial charge >= 0.3 is 0 Å². The zero-order chi connectivity index (χ0) is 41.3. The number of nitrogens with one attached hydrogen (secondary N) is 3. The van der Waals surface area contributed by atoms with Crippen LogP contribution in [0, 0.1) is 24.0 Å². The highest BCUT2D eigenvalue weighted by atomic mass is 35.5. The molecule has 59 heavy (non-hydrogen) atoms. The standard InChI is InChI=1S/C47H52ClN7O2S2/c1-5-54-34(3)33(2)46(47(54)35-14-16-37(48)17-15-35)36-10-9-11-41(30-36)53-28-26-52(27-29-53)40-20-18-38(19-21-40)51-59-45-31-42(55(56)57)22-23-44(45)50-39(24-25-49-4)32-58-43-12-7-6-8-13-43/h6-23,30-31,39,49-51H,5,24-29,32H2,1-4H3. The van der Waals surface area contributed by atoms with E-state index in [0.29, 0.717) is 0 Å². The van der Waals surface area contributed by atoms with Gasteiger partial charge in [0.25, 0.3) is 5.69 Å². The number of nitro groups is 1. The number of aromatic nitrogens is 1. The van der Waals surface area contributed by atoms with Gasteiger partial charge in [-0.15, -0.1) is 11.8 Å². The van der Waals surface area contributed by atoms with Crippen molar-refractivity contribution in [2.24, 2.45) is 0 Å². The minimum Gasteiger partial charge on any atom is -0.380 e. The van der Waals surface area contributed by atoms with Crippen LogP contribution in [-0.4, -0.2) is 61.1 Å². The van der Waals surface area contributed by atoms with E-state index in [4.69, 9.17) is 11.6 Å². The first-order valence-electron chi connectivity index (χ1n) is 20.2. The lowest BCUT2D eigenvalue weighted by atomic mass is 9.97. The molecular formula is C47H52ClN7O2S2. The van der Waals surface area contributed by atoms with Crippen molar-refractivity contribution in [1.29, 1.82) is 0 Å². The molecule has 0 radical (unpaired) electrons. The van der Waals surface area contributed by atoms with E-state index < -0.39 is 0 Å². The topological polar surface area (TPSA) is 90.6 Å². The molecule has 7 rings (SSSR count). The quantitative estimate of drug-likeness (QED) is 0.0359. The Hall–Kier alpha value is -5.07. The highest BCUT2D eigenvalue weighted by Crippen LogP contribution is 2.41. The van der Waals surface area contributed by atoms with Crippen LogP contribution in [0.2, 0.25) is 5.02 Å². The molecule has 2 heterocycles. The van der Waals surface area contributed by atoms with Crippen molar-refractivity contribution in [1.82, 2.24) is 9.88 Å². The summed E-state index contributed by atoms with van der Waals surface area (Å²) in [7, 11) is 1.96. The summed E-state index contributed by atoms with van der Waals surface area (Å²) in [6.07, 6.45) is 0.909. The first-order valence-corrected chi connectivity index (χ1v) is 22.4. The fraction of sp³-hybridized carbons (Fsp3) is 0.277. The van der Waals surface area contributed by atoms with Gasteiger partial charge in [0.05, 0.1) is 21.2 Å². The molecule has 0 saturated carbocycles. The average molecular weight is 847 g/mol. The maximum Gasteiger partial charge on any atom is 0.270 e. The van der Waals surface area contributed by atoms with Crippen molar-refractivity contribution in [2.45, 2.75) is 49.6 Å². The Balaban J connectivity index is 0.996. The highest BCUT2D eigenvalue weighted by Gasteiger charge is 2.23. The fourth-order valence-corrected chi connectivity index (χ4v) is 9.63. The molecule has 0 spiro atoms. The summed E-state index contributed by atoms with van der Waals surface area (Å²) < 4.78 is 5.86. The van der Waals surface area contributed by atoms with Crippen molar-refractivity contribution < 1.29 is 4.92 Å². The highest BCUT2D eigenvalue weighted by molar-refractivity contribution is 8.00. The Morgan fingerprint density at radius 1 is 0.814 bits per heavy atom. The van der Waals surface area contributed by atoms with Gasteiger partial charge in [-0.25, -0.2) is 0 Å². The first-order chi connectivity index (χ1) is 28.7. The van der Waals surface area contributed by atoms with E-state index in [1.54, 1.807) is 23.9 Å². The summed E-state index contributed by atoms with van der Waals surface area (Å²) in [6.45, 7) is 12.1. The van der Waals surface area contributed by atoms with E-state index in [-0.39, 0.29) is 16.7 Å². The fourth-order valence-electron chi connectivity index (χ4n) is 7.73. The van der Waals surface area contributed by atoms with Crippen molar-refractivity contribution in [3.63, 3.8) is 0 Å². The van der Waals surface area contributed by atoms with Crippen molar-refractivity contribution in [3.05, 3.63) is 148 Å². The third-order valence-corrected chi connectivity index (χ3v) is 13.3. The van der Waals surface area contributed by atoms with Crippen LogP contribution in [0.15, 0.2) is 131 Å². The average Bonchev–Trinajstić information content (AvgIpc) is 3.53. The van der Waals surface area contributed by atoms with Gasteiger partial charge in [0.2, 0.25) is 0 Å². The molecule has 1 aromatic heterocycles. The van der Waals surface area contributed by atoms with Crippen LogP contribution in [0.1, 0.15) is 24.6 Å². The molecule has 6 aromatic rings. The molecule has 0 amide bonds. The summed E-state index contributed by atoms with van der Waals surface area (Å²) in [6, 6.07) is 41.2. The predicted octanol–water partition coefficient (Wildman–Crippen LogP) is 11.6. The summed E-state index contributed by atoms with van der Waals surface area (Å²) in [5.74, 6) is 0.863. The second-order valence-electron chi connectivity index (χ2n) is 14.8. The number of hydrogen-bond acceptors (Lipinski definition) is 9. The van der Waals surface area contributed by atoms with Crippen LogP contribution >= 0.6 is 35.3 Å². The zero-order valence-corrected chi connectivity index (χ0v) is 36.5. The number of nitrogens with zero attached hydrogens (tertiary/aromatic N) is 4. The first kappa shape index (κ1) is 42.1. The van der Waals surface area contributed by atoms with Crippen LogP contribution in [0.4, 0.5) is 28.4 Å². The van der Waals surface area contributed by atoms with Gasteiger partial charge in [0, 0.05) is 94.9 Å². The van der Waals surface area contributed by atoms with Crippen LogP contribution in [-0.2, 0) is 6.54 Å². The summed E-state index contributed by atoms with van der Waals surface area (Å²) in [5.41, 5.74) is 11.8. The normalized spacial score (nSPS) is 13.4. The number of thioether (sulfide) groups is 1. The van der Waals surface area contributed by atoms with Gasteiger partial charge in [-0.1, -0.05) is 54.1 Å². The number of non-ortho nitro benzene ring substituents is 1. The van der Waals surface area contributed by atoms with Gasteiger partial charge in [0.15, 0.2) is 0 Å². The van der Waals surface area contributed by atoms with Crippen LogP contribution in [0.3, 0.4) is 0 Å². The third-order valence-electron chi connectivity index (χ3n) is 11.0. The summed E-state index contributed by atoms with van der Waals surface area (Å²) >= 11 is 9.48. The smallest absolute Gasteiger partial charge is 0.270 e. The lowest BCUT2D eigenvalue weighted by molar-refractivity contribution is -0.385. The van der Waals surface area contributed by atoms with Gasteiger partial charge in [-0.05, 0) is 136 Å². The van der Waals surface area contributed by atoms with E-state index in [9.17, 15) is 10.1 Å². The van der Waals surface area contributed by atoms with Crippen molar-refractivity contribution >= 4 is 63.7 Å². The van der Waals surface area contributed by atoms with Gasteiger partial charge in [-0.2, -0.15) is 0 Å². The van der Waals surface area contributed by atoms with Crippen molar-refractivity contribution in [3.8, 4) is 22.4 Å². The van der Waals surface area contributed by atoms with E-state index in [1.165, 1.54) is 61.9 Å². The Morgan fingerprint density at radius 2 is 1.53 bits per heavy atom. The van der Waals surface area contributed by atoms with Crippen molar-refractivity contribution in [2.75, 3.05) is 65.4 Å². The minimum absolute atomic E-state index is 0.0648. The van der Waals surface area contributed by atoms with Gasteiger partial charge in [-0.3, -0.25) is 10.1 Å². The Kier molecular flexibility index (Phi) is 14.1.